The Balaban J connectivity index is 3.19. The topological polar surface area (TPSA) is 22.0 Å². The molecule has 1 heterocycles. The van der Waals surface area contributed by atoms with E-state index in [0.29, 0.717) is 4.47 Å². The molecule has 0 unspecified atom stereocenters. The van der Waals surface area contributed by atoms with Gasteiger partial charge in [-0.2, -0.15) is 0 Å². The molecular formula is C8H9Br2NO. The summed E-state index contributed by atoms with van der Waals surface area (Å²) in [4.78, 5) is 11.4. The number of rotatable bonds is 2. The van der Waals surface area contributed by atoms with E-state index in [-0.39, 0.29) is 5.56 Å². The van der Waals surface area contributed by atoms with Gasteiger partial charge in [-0.05, 0) is 44.3 Å². The minimum Gasteiger partial charge on any atom is -0.313 e. The van der Waals surface area contributed by atoms with Gasteiger partial charge in [-0.25, -0.2) is 0 Å². The molecule has 0 aliphatic carbocycles. The number of pyridine rings is 1. The predicted octanol–water partition coefficient (Wildman–Crippen LogP) is 2.78. The lowest BCUT2D eigenvalue weighted by Gasteiger charge is -2.04. The van der Waals surface area contributed by atoms with E-state index >= 15 is 0 Å². The largest absolute Gasteiger partial charge is 0.313 e. The van der Waals surface area contributed by atoms with E-state index in [1.807, 2.05) is 6.92 Å². The van der Waals surface area contributed by atoms with Crippen molar-refractivity contribution in [3.8, 4) is 0 Å². The molecule has 2 nitrogen and oxygen atoms in total. The number of hydrogen-bond acceptors (Lipinski definition) is 1. The van der Waals surface area contributed by atoms with Crippen LogP contribution in [-0.2, 0) is 6.54 Å². The third-order valence-corrected chi connectivity index (χ3v) is 2.48. The van der Waals surface area contributed by atoms with Crippen molar-refractivity contribution >= 4 is 31.9 Å². The third kappa shape index (κ3) is 2.20. The molecule has 1 rings (SSSR count). The molecule has 0 saturated carbocycles. The molecule has 1 aromatic rings. The quantitative estimate of drug-likeness (QED) is 0.822. The summed E-state index contributed by atoms with van der Waals surface area (Å²) in [6, 6.07) is 1.76. The highest BCUT2D eigenvalue weighted by Crippen LogP contribution is 2.12. The van der Waals surface area contributed by atoms with Gasteiger partial charge in [-0.15, -0.1) is 0 Å². The number of hydrogen-bond donors (Lipinski definition) is 0. The average molecular weight is 295 g/mol. The Morgan fingerprint density at radius 1 is 1.50 bits per heavy atom. The van der Waals surface area contributed by atoms with Gasteiger partial charge in [-0.3, -0.25) is 4.79 Å². The van der Waals surface area contributed by atoms with E-state index in [1.54, 1.807) is 16.8 Å². The zero-order valence-electron chi connectivity index (χ0n) is 6.68. The third-order valence-electron chi connectivity index (χ3n) is 1.47. The summed E-state index contributed by atoms with van der Waals surface area (Å²) in [5, 5.41) is 0. The molecule has 0 aliphatic heterocycles. The van der Waals surface area contributed by atoms with Crippen molar-refractivity contribution in [1.82, 2.24) is 4.57 Å². The van der Waals surface area contributed by atoms with Crippen molar-refractivity contribution in [1.29, 1.82) is 0 Å². The monoisotopic (exact) mass is 293 g/mol. The van der Waals surface area contributed by atoms with E-state index < -0.39 is 0 Å². The van der Waals surface area contributed by atoms with Crippen molar-refractivity contribution in [3.05, 3.63) is 31.6 Å². The maximum Gasteiger partial charge on any atom is 0.264 e. The normalized spacial score (nSPS) is 10.2. The molecule has 0 N–H and O–H groups in total. The molecule has 4 heteroatoms. The van der Waals surface area contributed by atoms with Crippen LogP contribution in [0.25, 0.3) is 0 Å². The van der Waals surface area contributed by atoms with Gasteiger partial charge in [0, 0.05) is 17.2 Å². The standard InChI is InChI=1S/C8H9Br2NO/c1-2-3-11-5-6(9)4-7(10)8(11)12/h4-5H,2-3H2,1H3. The molecule has 12 heavy (non-hydrogen) atoms. The van der Waals surface area contributed by atoms with Crippen LogP contribution in [0.3, 0.4) is 0 Å². The van der Waals surface area contributed by atoms with Gasteiger partial charge in [0.1, 0.15) is 0 Å². The van der Waals surface area contributed by atoms with E-state index in [0.717, 1.165) is 17.4 Å². The van der Waals surface area contributed by atoms with E-state index in [1.165, 1.54) is 0 Å². The van der Waals surface area contributed by atoms with Crippen molar-refractivity contribution in [2.45, 2.75) is 19.9 Å². The van der Waals surface area contributed by atoms with Crippen LogP contribution in [0.1, 0.15) is 13.3 Å². The van der Waals surface area contributed by atoms with Gasteiger partial charge in [0.05, 0.1) is 4.47 Å². The first-order chi connectivity index (χ1) is 5.65. The molecule has 0 radical (unpaired) electrons. The summed E-state index contributed by atoms with van der Waals surface area (Å²) in [5.74, 6) is 0. The van der Waals surface area contributed by atoms with Gasteiger partial charge < -0.3 is 4.57 Å². The zero-order valence-corrected chi connectivity index (χ0v) is 9.85. The van der Waals surface area contributed by atoms with Gasteiger partial charge >= 0.3 is 0 Å². The van der Waals surface area contributed by atoms with Crippen molar-refractivity contribution in [3.63, 3.8) is 0 Å². The Labute approximate surface area is 87.9 Å². The predicted molar refractivity (Wildman–Crippen MR) is 56.4 cm³/mol. The smallest absolute Gasteiger partial charge is 0.264 e. The molecule has 0 fully saturated rings. The lowest BCUT2D eigenvalue weighted by Crippen LogP contribution is -2.19. The molecule has 0 bridgehead atoms. The molecule has 0 amide bonds. The number of aryl methyl sites for hydroxylation is 1. The summed E-state index contributed by atoms with van der Waals surface area (Å²) in [6.45, 7) is 2.80. The van der Waals surface area contributed by atoms with Gasteiger partial charge in [0.2, 0.25) is 0 Å². The maximum atomic E-state index is 11.4. The first-order valence-corrected chi connectivity index (χ1v) is 5.29. The van der Waals surface area contributed by atoms with Crippen LogP contribution in [0, 0.1) is 0 Å². The van der Waals surface area contributed by atoms with Crippen LogP contribution in [0.15, 0.2) is 26.0 Å². The fraction of sp³-hybridized carbons (Fsp3) is 0.375. The minimum atomic E-state index is 0.0278. The van der Waals surface area contributed by atoms with Crippen molar-refractivity contribution < 1.29 is 0 Å². The molecule has 0 saturated heterocycles. The van der Waals surface area contributed by atoms with E-state index in [2.05, 4.69) is 31.9 Å². The summed E-state index contributed by atoms with van der Waals surface area (Å²) in [7, 11) is 0. The SMILES string of the molecule is CCCn1cc(Br)cc(Br)c1=O. The van der Waals surface area contributed by atoms with Crippen LogP contribution in [0.4, 0.5) is 0 Å². The van der Waals surface area contributed by atoms with Crippen LogP contribution in [0.5, 0.6) is 0 Å². The number of nitrogens with zero attached hydrogens (tertiary/aromatic N) is 1. The lowest BCUT2D eigenvalue weighted by atomic mass is 10.4. The van der Waals surface area contributed by atoms with Crippen LogP contribution < -0.4 is 5.56 Å². The Morgan fingerprint density at radius 2 is 2.17 bits per heavy atom. The van der Waals surface area contributed by atoms with Crippen LogP contribution in [-0.4, -0.2) is 4.57 Å². The first kappa shape index (κ1) is 9.99. The summed E-state index contributed by atoms with van der Waals surface area (Å²) < 4.78 is 3.21. The highest BCUT2D eigenvalue weighted by Gasteiger charge is 2.01. The fourth-order valence-corrected chi connectivity index (χ4v) is 2.23. The van der Waals surface area contributed by atoms with E-state index in [9.17, 15) is 4.79 Å². The number of halogens is 2. The average Bonchev–Trinajstić information content (AvgIpc) is 2.00. The number of aromatic nitrogens is 1. The molecule has 66 valence electrons. The maximum absolute atomic E-state index is 11.4. The van der Waals surface area contributed by atoms with Crippen molar-refractivity contribution in [2.24, 2.45) is 0 Å². The summed E-state index contributed by atoms with van der Waals surface area (Å²) >= 11 is 6.53. The van der Waals surface area contributed by atoms with Crippen LogP contribution >= 0.6 is 31.9 Å². The van der Waals surface area contributed by atoms with Gasteiger partial charge in [0.15, 0.2) is 0 Å². The zero-order chi connectivity index (χ0) is 9.14. The Kier molecular flexibility index (Phi) is 3.53. The Morgan fingerprint density at radius 3 is 2.75 bits per heavy atom. The van der Waals surface area contributed by atoms with Gasteiger partial charge in [-0.1, -0.05) is 6.92 Å². The second kappa shape index (κ2) is 4.23. The highest BCUT2D eigenvalue weighted by atomic mass is 79.9. The first-order valence-electron chi connectivity index (χ1n) is 3.70. The second-order valence-electron chi connectivity index (χ2n) is 2.50. The molecule has 0 aromatic carbocycles. The Hall–Kier alpha value is -0.0900. The molecule has 0 spiro atoms. The van der Waals surface area contributed by atoms with Gasteiger partial charge in [0.25, 0.3) is 5.56 Å². The van der Waals surface area contributed by atoms with Crippen molar-refractivity contribution in [2.75, 3.05) is 0 Å². The van der Waals surface area contributed by atoms with E-state index in [4.69, 9.17) is 0 Å². The highest BCUT2D eigenvalue weighted by molar-refractivity contribution is 9.11. The van der Waals surface area contributed by atoms with Crippen LogP contribution in [0.2, 0.25) is 0 Å². The fourth-order valence-electron chi connectivity index (χ4n) is 0.972. The minimum absolute atomic E-state index is 0.0278. The molecule has 0 atom stereocenters. The second-order valence-corrected chi connectivity index (χ2v) is 4.27. The summed E-state index contributed by atoms with van der Waals surface area (Å²) in [5.41, 5.74) is 0.0278. The Bertz CT molecular complexity index is 332. The molecular weight excluding hydrogens is 286 g/mol. The lowest BCUT2D eigenvalue weighted by molar-refractivity contribution is 0.649. The summed E-state index contributed by atoms with van der Waals surface area (Å²) in [6.07, 6.45) is 2.76. The molecule has 1 aromatic heterocycles. The molecule has 0 aliphatic rings.